The second-order valence-corrected chi connectivity index (χ2v) is 8.67. The number of aryl methyl sites for hydroxylation is 2. The molecule has 2 N–H and O–H groups in total. The minimum Gasteiger partial charge on any atom is -0.507 e. The van der Waals surface area contributed by atoms with Crippen molar-refractivity contribution in [3.63, 3.8) is 0 Å². The number of benzene rings is 1. The lowest BCUT2D eigenvalue weighted by Gasteiger charge is -2.31. The van der Waals surface area contributed by atoms with Crippen LogP contribution >= 0.6 is 0 Å². The summed E-state index contributed by atoms with van der Waals surface area (Å²) in [5.41, 5.74) is 3.25. The highest BCUT2D eigenvalue weighted by atomic mass is 16.6. The van der Waals surface area contributed by atoms with Crippen LogP contribution in [0.2, 0.25) is 0 Å². The number of hydrogen-bond acceptors (Lipinski definition) is 7. The Labute approximate surface area is 197 Å². The van der Waals surface area contributed by atoms with Crippen LogP contribution in [0, 0.1) is 30.9 Å². The number of aliphatic hydroxyl groups excluding tert-OH is 1. The molecule has 180 valence electrons. The number of ether oxygens (including phenoxy) is 1. The van der Waals surface area contributed by atoms with Crippen molar-refractivity contribution >= 4 is 23.1 Å². The highest BCUT2D eigenvalue weighted by Crippen LogP contribution is 2.41. The zero-order valence-electron chi connectivity index (χ0n) is 19.5. The number of nitrogens with zero attached hydrogens (tertiary/aromatic N) is 3. The van der Waals surface area contributed by atoms with Gasteiger partial charge in [-0.25, -0.2) is 0 Å². The third kappa shape index (κ3) is 4.22. The van der Waals surface area contributed by atoms with Gasteiger partial charge in [-0.2, -0.15) is 0 Å². The number of likely N-dealkylation sites (tertiary alicyclic amines) is 1. The molecule has 2 aromatic rings. The number of carbonyl (C=O) groups is 2. The number of Topliss-reactive ketones (excluding diaryl/α,β-unsaturated/α-hetero) is 1. The van der Waals surface area contributed by atoms with Crippen LogP contribution < -0.4 is 0 Å². The van der Waals surface area contributed by atoms with Gasteiger partial charge in [0.2, 0.25) is 0 Å². The summed E-state index contributed by atoms with van der Waals surface area (Å²) in [6.45, 7) is 8.99. The van der Waals surface area contributed by atoms with Crippen LogP contribution in [0.3, 0.4) is 0 Å². The van der Waals surface area contributed by atoms with E-state index >= 15 is 0 Å². The molecule has 2 aliphatic rings. The number of nitro benzene ring substituents is 1. The van der Waals surface area contributed by atoms with Crippen LogP contribution in [0.15, 0.2) is 29.8 Å². The first-order chi connectivity index (χ1) is 16.2. The minimum absolute atomic E-state index is 0.00831. The SMILES string of the molecule is Cc1[nH]c(C)c(/C(O)=C2\C(=O)C(=O)N(CCN3CCOCC3)C2c2ccc([N+](=O)[O-])cc2)c1C. The van der Waals surface area contributed by atoms with Crippen molar-refractivity contribution in [3.05, 3.63) is 68.0 Å². The molecule has 2 fully saturated rings. The number of H-pyrrole nitrogens is 1. The number of nitro groups is 1. The fourth-order valence-corrected chi connectivity index (χ4v) is 4.71. The summed E-state index contributed by atoms with van der Waals surface area (Å²) < 4.78 is 5.38. The van der Waals surface area contributed by atoms with Crippen molar-refractivity contribution in [1.29, 1.82) is 0 Å². The van der Waals surface area contributed by atoms with Gasteiger partial charge in [-0.1, -0.05) is 0 Å². The molecule has 1 atom stereocenters. The van der Waals surface area contributed by atoms with Crippen LogP contribution in [0.25, 0.3) is 5.76 Å². The molecular weight excluding hydrogens is 440 g/mol. The van der Waals surface area contributed by atoms with Gasteiger partial charge in [-0.3, -0.25) is 24.6 Å². The van der Waals surface area contributed by atoms with Crippen molar-refractivity contribution in [2.75, 3.05) is 39.4 Å². The molecule has 34 heavy (non-hydrogen) atoms. The van der Waals surface area contributed by atoms with Crippen LogP contribution in [-0.2, 0) is 14.3 Å². The van der Waals surface area contributed by atoms with Gasteiger partial charge in [-0.15, -0.1) is 0 Å². The van der Waals surface area contributed by atoms with Gasteiger partial charge in [0.25, 0.3) is 17.4 Å². The lowest BCUT2D eigenvalue weighted by Crippen LogP contribution is -2.42. The van der Waals surface area contributed by atoms with Gasteiger partial charge >= 0.3 is 0 Å². The molecule has 0 radical (unpaired) electrons. The van der Waals surface area contributed by atoms with E-state index in [4.69, 9.17) is 4.74 Å². The monoisotopic (exact) mass is 468 g/mol. The van der Waals surface area contributed by atoms with E-state index in [-0.39, 0.29) is 23.6 Å². The number of hydrogen-bond donors (Lipinski definition) is 2. The Morgan fingerprint density at radius 1 is 1.12 bits per heavy atom. The maximum atomic E-state index is 13.2. The van der Waals surface area contributed by atoms with Crippen LogP contribution in [0.4, 0.5) is 5.69 Å². The lowest BCUT2D eigenvalue weighted by atomic mass is 9.94. The summed E-state index contributed by atoms with van der Waals surface area (Å²) in [5.74, 6) is -1.70. The lowest BCUT2D eigenvalue weighted by molar-refractivity contribution is -0.384. The molecule has 0 aliphatic carbocycles. The number of morpholine rings is 1. The molecule has 2 saturated heterocycles. The molecule has 2 aliphatic heterocycles. The molecule has 0 saturated carbocycles. The first-order valence-corrected chi connectivity index (χ1v) is 11.2. The molecule has 1 amide bonds. The minimum atomic E-state index is -0.851. The Morgan fingerprint density at radius 3 is 2.32 bits per heavy atom. The molecule has 0 spiro atoms. The zero-order valence-corrected chi connectivity index (χ0v) is 19.5. The van der Waals surface area contributed by atoms with E-state index < -0.39 is 22.7 Å². The van der Waals surface area contributed by atoms with Crippen molar-refractivity contribution < 1.29 is 24.4 Å². The maximum Gasteiger partial charge on any atom is 0.295 e. The van der Waals surface area contributed by atoms with E-state index in [2.05, 4.69) is 9.88 Å². The van der Waals surface area contributed by atoms with Crippen molar-refractivity contribution in [2.24, 2.45) is 0 Å². The number of aromatic nitrogens is 1. The van der Waals surface area contributed by atoms with Crippen LogP contribution in [0.1, 0.15) is 34.1 Å². The summed E-state index contributed by atoms with van der Waals surface area (Å²) >= 11 is 0. The molecule has 1 aromatic carbocycles. The molecule has 10 nitrogen and oxygen atoms in total. The van der Waals surface area contributed by atoms with Gasteiger partial charge in [0.15, 0.2) is 0 Å². The van der Waals surface area contributed by atoms with Crippen LogP contribution in [0.5, 0.6) is 0 Å². The fourth-order valence-electron chi connectivity index (χ4n) is 4.71. The van der Waals surface area contributed by atoms with Gasteiger partial charge < -0.3 is 19.7 Å². The molecule has 3 heterocycles. The fraction of sp³-hybridized carbons (Fsp3) is 0.417. The highest BCUT2D eigenvalue weighted by molar-refractivity contribution is 6.46. The van der Waals surface area contributed by atoms with Gasteiger partial charge in [0.05, 0.1) is 29.8 Å². The Bertz CT molecular complexity index is 1160. The first-order valence-electron chi connectivity index (χ1n) is 11.2. The number of aromatic amines is 1. The predicted octanol–water partition coefficient (Wildman–Crippen LogP) is 2.60. The average molecular weight is 469 g/mol. The summed E-state index contributed by atoms with van der Waals surface area (Å²) in [7, 11) is 0. The van der Waals surface area contributed by atoms with Gasteiger partial charge in [-0.05, 0) is 44.0 Å². The number of carbonyl (C=O) groups excluding carboxylic acids is 2. The Morgan fingerprint density at radius 2 is 1.76 bits per heavy atom. The normalized spacial score (nSPS) is 20.8. The Kier molecular flexibility index (Phi) is 6.54. The molecule has 0 bridgehead atoms. The van der Waals surface area contributed by atoms with E-state index in [1.54, 1.807) is 6.92 Å². The number of aliphatic hydroxyl groups is 1. The first kappa shape index (κ1) is 23.7. The summed E-state index contributed by atoms with van der Waals surface area (Å²) in [6, 6.07) is 4.90. The summed E-state index contributed by atoms with van der Waals surface area (Å²) in [5, 5.41) is 22.5. The van der Waals surface area contributed by atoms with Gasteiger partial charge in [0.1, 0.15) is 5.76 Å². The number of ketones is 1. The second-order valence-electron chi connectivity index (χ2n) is 8.67. The summed E-state index contributed by atoms with van der Waals surface area (Å²) in [4.78, 5) is 43.7. The zero-order chi connectivity index (χ0) is 24.6. The number of nitrogens with one attached hydrogen (secondary N) is 1. The molecule has 10 heteroatoms. The second kappa shape index (κ2) is 9.40. The molecular formula is C24H28N4O6. The Hall–Kier alpha value is -3.50. The third-order valence-corrected chi connectivity index (χ3v) is 6.64. The number of non-ortho nitro benzene ring substituents is 1. The van der Waals surface area contributed by atoms with E-state index in [0.29, 0.717) is 36.6 Å². The number of amides is 1. The molecule has 4 rings (SSSR count). The van der Waals surface area contributed by atoms with E-state index in [1.165, 1.54) is 29.2 Å². The van der Waals surface area contributed by atoms with Gasteiger partial charge in [0, 0.05) is 55.3 Å². The third-order valence-electron chi connectivity index (χ3n) is 6.64. The smallest absolute Gasteiger partial charge is 0.295 e. The summed E-state index contributed by atoms with van der Waals surface area (Å²) in [6.07, 6.45) is 0. The topological polar surface area (TPSA) is 129 Å². The molecule has 1 unspecified atom stereocenters. The molecule has 1 aromatic heterocycles. The predicted molar refractivity (Wildman–Crippen MR) is 124 cm³/mol. The quantitative estimate of drug-likeness (QED) is 0.219. The Balaban J connectivity index is 1.79. The van der Waals surface area contributed by atoms with Crippen molar-refractivity contribution in [2.45, 2.75) is 26.8 Å². The highest BCUT2D eigenvalue weighted by Gasteiger charge is 2.46. The number of rotatable bonds is 6. The average Bonchev–Trinajstić information content (AvgIpc) is 3.23. The van der Waals surface area contributed by atoms with E-state index in [0.717, 1.165) is 24.3 Å². The van der Waals surface area contributed by atoms with E-state index in [1.807, 2.05) is 13.8 Å². The maximum absolute atomic E-state index is 13.2. The van der Waals surface area contributed by atoms with Crippen LogP contribution in [-0.4, -0.2) is 75.9 Å². The largest absolute Gasteiger partial charge is 0.507 e. The van der Waals surface area contributed by atoms with E-state index in [9.17, 15) is 24.8 Å². The van der Waals surface area contributed by atoms with Crippen molar-refractivity contribution in [1.82, 2.24) is 14.8 Å². The standard InChI is InChI=1S/C24H28N4O6/c1-14-15(2)25-16(3)19(14)22(29)20-21(17-4-6-18(7-5-17)28(32)33)27(24(31)23(20)30)9-8-26-10-12-34-13-11-26/h4-7,21,25,29H,8-13H2,1-3H3/b22-20+. The van der Waals surface area contributed by atoms with Crippen molar-refractivity contribution in [3.8, 4) is 0 Å².